The molecule has 158 valence electrons. The van der Waals surface area contributed by atoms with Crippen molar-refractivity contribution in [2.45, 2.75) is 32.4 Å². The molecule has 2 aromatic rings. The van der Waals surface area contributed by atoms with Crippen molar-refractivity contribution in [1.29, 1.82) is 0 Å². The molecule has 1 aliphatic heterocycles. The molecule has 3 rings (SSSR count). The Hall–Kier alpha value is -2.33. The van der Waals surface area contributed by atoms with Gasteiger partial charge >= 0.3 is 6.36 Å². The number of benzene rings is 1. The highest BCUT2D eigenvalue weighted by atomic mass is 32.1. The lowest BCUT2D eigenvalue weighted by molar-refractivity contribution is -0.274. The normalized spacial score (nSPS) is 16.9. The Balaban J connectivity index is 1.50. The van der Waals surface area contributed by atoms with E-state index in [2.05, 4.69) is 14.6 Å². The highest BCUT2D eigenvalue weighted by Crippen LogP contribution is 2.25. The van der Waals surface area contributed by atoms with Crippen molar-refractivity contribution < 1.29 is 27.4 Å². The van der Waals surface area contributed by atoms with Gasteiger partial charge in [-0.15, -0.1) is 24.5 Å². The molecular weight excluding hydrogens is 407 g/mol. The van der Waals surface area contributed by atoms with Gasteiger partial charge in [-0.2, -0.15) is 0 Å². The van der Waals surface area contributed by atoms with Gasteiger partial charge in [0.25, 0.3) is 5.91 Å². The average Bonchev–Trinajstić information content (AvgIpc) is 3.06. The van der Waals surface area contributed by atoms with E-state index >= 15 is 0 Å². The van der Waals surface area contributed by atoms with Crippen LogP contribution in [0.25, 0.3) is 0 Å². The Kier molecular flexibility index (Phi) is 6.96. The monoisotopic (exact) mass is 429 g/mol. The first-order valence-corrected chi connectivity index (χ1v) is 10.1. The molecular formula is C19H22F3N3O3S. The fourth-order valence-electron chi connectivity index (χ4n) is 3.10. The molecule has 1 unspecified atom stereocenters. The maximum atomic E-state index is 12.7. The van der Waals surface area contributed by atoms with Crippen LogP contribution >= 0.6 is 11.3 Å². The summed E-state index contributed by atoms with van der Waals surface area (Å²) in [7, 11) is 0. The van der Waals surface area contributed by atoms with Gasteiger partial charge in [-0.25, -0.2) is 4.98 Å². The second-order valence-electron chi connectivity index (χ2n) is 6.66. The number of amides is 1. The fourth-order valence-corrected chi connectivity index (χ4v) is 3.76. The predicted molar refractivity (Wildman–Crippen MR) is 102 cm³/mol. The third-order valence-electron chi connectivity index (χ3n) is 4.46. The van der Waals surface area contributed by atoms with Gasteiger partial charge in [-0.1, -0.05) is 0 Å². The number of carbonyl (C=O) groups is 1. The number of hydrogen-bond acceptors (Lipinski definition) is 6. The Bertz CT molecular complexity index is 784. The smallest absolute Gasteiger partial charge is 0.481 e. The zero-order valence-corrected chi connectivity index (χ0v) is 16.7. The van der Waals surface area contributed by atoms with Crippen molar-refractivity contribution in [1.82, 2.24) is 14.8 Å². The second-order valence-corrected chi connectivity index (χ2v) is 7.64. The van der Waals surface area contributed by atoms with Crippen LogP contribution in [-0.4, -0.2) is 59.3 Å². The molecule has 1 saturated heterocycles. The Morgan fingerprint density at radius 3 is 2.55 bits per heavy atom. The van der Waals surface area contributed by atoms with Gasteiger partial charge in [0.05, 0.1) is 6.54 Å². The maximum Gasteiger partial charge on any atom is 0.573 e. The molecule has 0 radical (unpaired) electrons. The van der Waals surface area contributed by atoms with Gasteiger partial charge < -0.3 is 14.4 Å². The third kappa shape index (κ3) is 6.60. The number of rotatable bonds is 6. The van der Waals surface area contributed by atoms with Crippen molar-refractivity contribution in [3.05, 3.63) is 40.8 Å². The fraction of sp³-hybridized carbons (Fsp3) is 0.474. The van der Waals surface area contributed by atoms with Crippen molar-refractivity contribution in [3.63, 3.8) is 0 Å². The molecule has 1 aliphatic rings. The molecule has 10 heteroatoms. The number of thiazole rings is 1. The largest absolute Gasteiger partial charge is 0.573 e. The van der Waals surface area contributed by atoms with Crippen molar-refractivity contribution in [3.8, 4) is 11.5 Å². The number of alkyl halides is 3. The Labute approximate surface area is 170 Å². The molecule has 1 aromatic heterocycles. The second kappa shape index (κ2) is 9.45. The number of hydrogen-bond donors (Lipinski definition) is 0. The van der Waals surface area contributed by atoms with Gasteiger partial charge in [0.1, 0.15) is 16.5 Å². The van der Waals surface area contributed by atoms with E-state index < -0.39 is 12.5 Å². The molecule has 29 heavy (non-hydrogen) atoms. The minimum Gasteiger partial charge on any atom is -0.481 e. The molecule has 1 fully saturated rings. The van der Waals surface area contributed by atoms with E-state index in [1.54, 1.807) is 29.4 Å². The van der Waals surface area contributed by atoms with Gasteiger partial charge in [-0.05, 0) is 37.6 Å². The number of nitrogens with zero attached hydrogens (tertiary/aromatic N) is 3. The molecule has 1 aromatic carbocycles. The Morgan fingerprint density at radius 2 is 1.90 bits per heavy atom. The van der Waals surface area contributed by atoms with E-state index in [0.29, 0.717) is 18.8 Å². The summed E-state index contributed by atoms with van der Waals surface area (Å²) in [6.07, 6.45) is -2.84. The van der Waals surface area contributed by atoms with Crippen LogP contribution in [0, 0.1) is 0 Å². The summed E-state index contributed by atoms with van der Waals surface area (Å²) in [5.41, 5.74) is 0. The third-order valence-corrected chi connectivity index (χ3v) is 5.22. The van der Waals surface area contributed by atoms with E-state index in [1.807, 2.05) is 5.38 Å². The first kappa shape index (κ1) is 21.4. The van der Waals surface area contributed by atoms with Crippen molar-refractivity contribution in [2.24, 2.45) is 0 Å². The lowest BCUT2D eigenvalue weighted by atomic mass is 10.3. The van der Waals surface area contributed by atoms with Crippen LogP contribution in [-0.2, 0) is 11.3 Å². The molecule has 1 amide bonds. The SMILES string of the molecule is CC(Oc1ccc(OC(F)(F)F)cc1)C(=O)N1CCCN(Cc2nccs2)CC1. The van der Waals surface area contributed by atoms with E-state index in [1.165, 1.54) is 12.1 Å². The summed E-state index contributed by atoms with van der Waals surface area (Å²) in [6, 6.07) is 5.01. The van der Waals surface area contributed by atoms with Crippen molar-refractivity contribution >= 4 is 17.2 Å². The number of ether oxygens (including phenoxy) is 2. The van der Waals surface area contributed by atoms with E-state index in [-0.39, 0.29) is 11.7 Å². The zero-order valence-electron chi connectivity index (χ0n) is 15.9. The summed E-state index contributed by atoms with van der Waals surface area (Å²) < 4.78 is 46.1. The minimum absolute atomic E-state index is 0.142. The summed E-state index contributed by atoms with van der Waals surface area (Å²) in [5.74, 6) is -0.172. The van der Waals surface area contributed by atoms with Crippen LogP contribution in [0.3, 0.4) is 0 Å². The quantitative estimate of drug-likeness (QED) is 0.703. The molecule has 0 aliphatic carbocycles. The van der Waals surface area contributed by atoms with Crippen LogP contribution in [0.5, 0.6) is 11.5 Å². The molecule has 0 bridgehead atoms. The number of aromatic nitrogens is 1. The van der Waals surface area contributed by atoms with Crippen molar-refractivity contribution in [2.75, 3.05) is 26.2 Å². The highest BCUT2D eigenvalue weighted by Gasteiger charge is 2.31. The van der Waals surface area contributed by atoms with E-state index in [4.69, 9.17) is 4.74 Å². The number of halogens is 3. The van der Waals surface area contributed by atoms with Crippen LogP contribution in [0.1, 0.15) is 18.4 Å². The molecule has 1 atom stereocenters. The molecule has 0 N–H and O–H groups in total. The van der Waals surface area contributed by atoms with E-state index in [9.17, 15) is 18.0 Å². The summed E-state index contributed by atoms with van der Waals surface area (Å²) >= 11 is 1.62. The first-order valence-electron chi connectivity index (χ1n) is 9.22. The van der Waals surface area contributed by atoms with Gasteiger partial charge in [-0.3, -0.25) is 9.69 Å². The molecule has 2 heterocycles. The standard InChI is InChI=1S/C19H22F3N3O3S/c1-14(27-15-3-5-16(6-4-15)28-19(20,21)22)18(26)25-9-2-8-24(10-11-25)13-17-23-7-12-29-17/h3-7,12,14H,2,8-11,13H2,1H3. The topological polar surface area (TPSA) is 54.9 Å². The Morgan fingerprint density at radius 1 is 1.17 bits per heavy atom. The number of carbonyl (C=O) groups excluding carboxylic acids is 1. The zero-order chi connectivity index (χ0) is 20.9. The summed E-state index contributed by atoms with van der Waals surface area (Å²) in [5, 5.41) is 3.00. The van der Waals surface area contributed by atoms with Crippen LogP contribution < -0.4 is 9.47 Å². The molecule has 6 nitrogen and oxygen atoms in total. The molecule has 0 spiro atoms. The maximum absolute atomic E-state index is 12.7. The van der Waals surface area contributed by atoms with Gasteiger partial charge in [0.2, 0.25) is 0 Å². The summed E-state index contributed by atoms with van der Waals surface area (Å²) in [4.78, 5) is 21.1. The van der Waals surface area contributed by atoms with Gasteiger partial charge in [0.15, 0.2) is 6.10 Å². The minimum atomic E-state index is -4.74. The van der Waals surface area contributed by atoms with Crippen LogP contribution in [0.2, 0.25) is 0 Å². The van der Waals surface area contributed by atoms with E-state index in [0.717, 1.165) is 43.2 Å². The van der Waals surface area contributed by atoms with Crippen LogP contribution in [0.15, 0.2) is 35.8 Å². The first-order chi connectivity index (χ1) is 13.8. The average molecular weight is 429 g/mol. The summed E-state index contributed by atoms with van der Waals surface area (Å²) in [6.45, 7) is 5.29. The highest BCUT2D eigenvalue weighted by molar-refractivity contribution is 7.09. The molecule has 0 saturated carbocycles. The van der Waals surface area contributed by atoms with Gasteiger partial charge in [0, 0.05) is 37.8 Å². The lowest BCUT2D eigenvalue weighted by Crippen LogP contribution is -2.42. The van der Waals surface area contributed by atoms with Crippen LogP contribution in [0.4, 0.5) is 13.2 Å². The lowest BCUT2D eigenvalue weighted by Gasteiger charge is -2.25. The predicted octanol–water partition coefficient (Wildman–Crippen LogP) is 3.54.